The fourth-order valence-electron chi connectivity index (χ4n) is 2.29. The minimum absolute atomic E-state index is 0.366. The molecule has 1 aliphatic heterocycles. The van der Waals surface area contributed by atoms with Crippen LogP contribution in [-0.2, 0) is 9.53 Å². The van der Waals surface area contributed by atoms with Gasteiger partial charge < -0.3 is 35.2 Å². The lowest BCUT2D eigenvalue weighted by atomic mass is 9.94. The van der Waals surface area contributed by atoms with Crippen molar-refractivity contribution in [3.8, 4) is 0 Å². The second-order valence-corrected chi connectivity index (χ2v) is 4.68. The monoisotopic (exact) mass is 279 g/mol. The first kappa shape index (κ1) is 16.3. The maximum absolute atomic E-state index is 11.6. The first-order valence-corrected chi connectivity index (χ1v) is 6.05. The summed E-state index contributed by atoms with van der Waals surface area (Å²) in [7, 11) is 0. The Morgan fingerprint density at radius 2 is 1.84 bits per heavy atom. The maximum Gasteiger partial charge on any atom is 0.220 e. The predicted molar refractivity (Wildman–Crippen MR) is 62.8 cm³/mol. The van der Waals surface area contributed by atoms with Crippen molar-refractivity contribution >= 4 is 5.91 Å². The molecule has 1 heterocycles. The number of aliphatic hydroxyl groups excluding tert-OH is 5. The quantitative estimate of drug-likeness (QED) is 0.371. The van der Waals surface area contributed by atoms with Gasteiger partial charge in [-0.3, -0.25) is 4.79 Å². The first-order valence-electron chi connectivity index (χ1n) is 6.05. The summed E-state index contributed by atoms with van der Waals surface area (Å²) in [6.07, 6.45) is -5.61. The van der Waals surface area contributed by atoms with Crippen molar-refractivity contribution in [1.82, 2.24) is 4.90 Å². The Morgan fingerprint density at radius 3 is 2.26 bits per heavy atom. The van der Waals surface area contributed by atoms with Crippen LogP contribution in [-0.4, -0.2) is 86.2 Å². The van der Waals surface area contributed by atoms with E-state index in [4.69, 9.17) is 14.9 Å². The molecule has 0 spiro atoms. The molecule has 1 saturated heterocycles. The van der Waals surface area contributed by atoms with E-state index in [-0.39, 0.29) is 6.61 Å². The summed E-state index contributed by atoms with van der Waals surface area (Å²) in [5, 5.41) is 47.7. The Balaban J connectivity index is 2.99. The van der Waals surface area contributed by atoms with E-state index in [0.29, 0.717) is 0 Å². The van der Waals surface area contributed by atoms with Crippen LogP contribution in [0.2, 0.25) is 0 Å². The smallest absolute Gasteiger partial charge is 0.220 e. The number of rotatable bonds is 4. The van der Waals surface area contributed by atoms with Gasteiger partial charge in [-0.2, -0.15) is 0 Å². The number of nitrogens with zero attached hydrogens (tertiary/aromatic N) is 1. The van der Waals surface area contributed by atoms with Gasteiger partial charge in [0.1, 0.15) is 24.4 Å². The van der Waals surface area contributed by atoms with Crippen LogP contribution in [0.4, 0.5) is 0 Å². The van der Waals surface area contributed by atoms with Gasteiger partial charge in [0.2, 0.25) is 5.91 Å². The number of ether oxygens (including phenoxy) is 1. The second kappa shape index (κ2) is 6.60. The van der Waals surface area contributed by atoms with Crippen molar-refractivity contribution in [3.05, 3.63) is 0 Å². The van der Waals surface area contributed by atoms with Crippen molar-refractivity contribution in [2.75, 3.05) is 13.2 Å². The lowest BCUT2D eigenvalue weighted by Gasteiger charge is -2.46. The fraction of sp³-hybridized carbons (Fsp3) is 0.909. The Kier molecular flexibility index (Phi) is 5.65. The summed E-state index contributed by atoms with van der Waals surface area (Å²) < 4.78 is 4.98. The number of hydrogen-bond donors (Lipinski definition) is 5. The minimum atomic E-state index is -1.56. The van der Waals surface area contributed by atoms with Crippen LogP contribution in [0.25, 0.3) is 0 Å². The van der Waals surface area contributed by atoms with Crippen molar-refractivity contribution in [2.45, 2.75) is 50.5 Å². The Morgan fingerprint density at radius 1 is 1.26 bits per heavy atom. The molecule has 0 aromatic rings. The zero-order chi connectivity index (χ0) is 14.7. The molecule has 1 fully saturated rings. The van der Waals surface area contributed by atoms with Gasteiger partial charge in [0, 0.05) is 6.92 Å². The van der Waals surface area contributed by atoms with Gasteiger partial charge in [0.25, 0.3) is 0 Å². The van der Waals surface area contributed by atoms with E-state index in [1.807, 2.05) is 0 Å². The molecule has 0 aromatic heterocycles. The van der Waals surface area contributed by atoms with Crippen LogP contribution in [0, 0.1) is 0 Å². The molecule has 0 aliphatic carbocycles. The van der Waals surface area contributed by atoms with E-state index in [1.165, 1.54) is 13.8 Å². The van der Waals surface area contributed by atoms with Crippen LogP contribution >= 0.6 is 0 Å². The molecule has 8 nitrogen and oxygen atoms in total. The van der Waals surface area contributed by atoms with E-state index >= 15 is 0 Å². The zero-order valence-electron chi connectivity index (χ0n) is 10.9. The molecule has 0 bridgehead atoms. The molecule has 0 aromatic carbocycles. The number of amides is 1. The topological polar surface area (TPSA) is 131 Å². The molecular weight excluding hydrogens is 258 g/mol. The third kappa shape index (κ3) is 3.22. The third-order valence-corrected chi connectivity index (χ3v) is 3.29. The highest BCUT2D eigenvalue weighted by Crippen LogP contribution is 2.25. The van der Waals surface area contributed by atoms with Crippen LogP contribution < -0.4 is 0 Å². The molecule has 19 heavy (non-hydrogen) atoms. The van der Waals surface area contributed by atoms with Gasteiger partial charge in [-0.05, 0) is 6.92 Å². The van der Waals surface area contributed by atoms with Crippen LogP contribution in [0.1, 0.15) is 13.8 Å². The number of aliphatic hydroxyl groups is 5. The standard InChI is InChI=1S/C11H21NO7/c1-5(3-13)12(6(2)15)8-10(17)9(16)7(4-14)19-11(8)18/h5,7-11,13-14,16-18H,3-4H2,1-2H3/t5?,7?,8-,9-,10?,11?/m1/s1. The molecule has 112 valence electrons. The molecule has 0 saturated carbocycles. The van der Waals surface area contributed by atoms with Crippen molar-refractivity contribution < 1.29 is 35.1 Å². The summed E-state index contributed by atoms with van der Waals surface area (Å²) >= 11 is 0. The minimum Gasteiger partial charge on any atom is -0.394 e. The number of carbonyl (C=O) groups is 1. The van der Waals surface area contributed by atoms with E-state index in [1.54, 1.807) is 0 Å². The largest absolute Gasteiger partial charge is 0.394 e. The summed E-state index contributed by atoms with van der Waals surface area (Å²) in [6.45, 7) is 1.81. The van der Waals surface area contributed by atoms with Crippen molar-refractivity contribution in [3.63, 3.8) is 0 Å². The molecule has 5 N–H and O–H groups in total. The highest BCUT2D eigenvalue weighted by atomic mass is 16.6. The molecule has 8 heteroatoms. The Hall–Kier alpha value is -0.770. The fourth-order valence-corrected chi connectivity index (χ4v) is 2.29. The average Bonchev–Trinajstić information content (AvgIpc) is 2.37. The van der Waals surface area contributed by atoms with E-state index < -0.39 is 49.2 Å². The van der Waals surface area contributed by atoms with E-state index in [0.717, 1.165) is 4.90 Å². The number of hydrogen-bond acceptors (Lipinski definition) is 7. The molecule has 0 radical (unpaired) electrons. The lowest BCUT2D eigenvalue weighted by Crippen LogP contribution is -2.66. The molecule has 1 amide bonds. The van der Waals surface area contributed by atoms with Crippen LogP contribution in [0.5, 0.6) is 0 Å². The highest BCUT2D eigenvalue weighted by molar-refractivity contribution is 5.74. The Bertz CT molecular complexity index is 313. The normalized spacial score (nSPS) is 36.9. The lowest BCUT2D eigenvalue weighted by molar-refractivity contribution is -0.273. The van der Waals surface area contributed by atoms with Crippen molar-refractivity contribution in [2.24, 2.45) is 0 Å². The van der Waals surface area contributed by atoms with Crippen molar-refractivity contribution in [1.29, 1.82) is 0 Å². The van der Waals surface area contributed by atoms with Gasteiger partial charge in [-0.15, -0.1) is 0 Å². The Labute approximate surface area is 110 Å². The number of carbonyl (C=O) groups excluding carboxylic acids is 1. The second-order valence-electron chi connectivity index (χ2n) is 4.68. The summed E-state index contributed by atoms with van der Waals surface area (Å²) in [4.78, 5) is 12.7. The predicted octanol–water partition coefficient (Wildman–Crippen LogP) is -2.98. The summed E-state index contributed by atoms with van der Waals surface area (Å²) in [5.41, 5.74) is 0. The zero-order valence-corrected chi connectivity index (χ0v) is 10.9. The van der Waals surface area contributed by atoms with E-state index in [2.05, 4.69) is 0 Å². The average molecular weight is 279 g/mol. The maximum atomic E-state index is 11.6. The molecular formula is C11H21NO7. The highest BCUT2D eigenvalue weighted by Gasteiger charge is 2.48. The third-order valence-electron chi connectivity index (χ3n) is 3.29. The first-order chi connectivity index (χ1) is 8.84. The molecule has 1 rings (SSSR count). The van der Waals surface area contributed by atoms with Gasteiger partial charge in [0.15, 0.2) is 6.29 Å². The van der Waals surface area contributed by atoms with Gasteiger partial charge >= 0.3 is 0 Å². The van der Waals surface area contributed by atoms with Gasteiger partial charge in [-0.25, -0.2) is 0 Å². The van der Waals surface area contributed by atoms with Gasteiger partial charge in [-0.1, -0.05) is 0 Å². The van der Waals surface area contributed by atoms with Crippen LogP contribution in [0.15, 0.2) is 0 Å². The van der Waals surface area contributed by atoms with Crippen LogP contribution in [0.3, 0.4) is 0 Å². The SMILES string of the molecule is CC(=O)N(C(C)CO)[C@H]1C(O)OC(CO)[C@@H](O)C1O. The molecule has 1 aliphatic rings. The summed E-state index contributed by atoms with van der Waals surface area (Å²) in [5.74, 6) is -0.483. The summed E-state index contributed by atoms with van der Waals surface area (Å²) in [6, 6.07) is -1.87. The molecule has 4 unspecified atom stereocenters. The van der Waals surface area contributed by atoms with E-state index in [9.17, 15) is 20.1 Å². The molecule has 6 atom stereocenters. The van der Waals surface area contributed by atoms with Gasteiger partial charge in [0.05, 0.1) is 19.3 Å².